The first-order valence-electron chi connectivity index (χ1n) is 6.79. The van der Waals surface area contributed by atoms with Gasteiger partial charge in [-0.05, 0) is 18.6 Å². The normalized spacial score (nSPS) is 21.9. The second-order valence-corrected chi connectivity index (χ2v) is 5.05. The van der Waals surface area contributed by atoms with Crippen LogP contribution in [0, 0.1) is 5.92 Å². The van der Waals surface area contributed by atoms with Crippen molar-refractivity contribution in [3.63, 3.8) is 0 Å². The Morgan fingerprint density at radius 1 is 1.50 bits per heavy atom. The summed E-state index contributed by atoms with van der Waals surface area (Å²) in [7, 11) is 1.80. The minimum Gasteiger partial charge on any atom is -0.481 e. The molecule has 1 aliphatic heterocycles. The van der Waals surface area contributed by atoms with E-state index in [9.17, 15) is 14.7 Å². The highest BCUT2D eigenvalue weighted by atomic mass is 16.5. The quantitative estimate of drug-likeness (QED) is 0.872. The molecule has 1 fully saturated rings. The van der Waals surface area contributed by atoms with Crippen LogP contribution in [0.1, 0.15) is 23.8 Å². The van der Waals surface area contributed by atoms with Gasteiger partial charge in [-0.2, -0.15) is 0 Å². The van der Waals surface area contributed by atoms with Crippen molar-refractivity contribution in [1.29, 1.82) is 0 Å². The van der Waals surface area contributed by atoms with Crippen LogP contribution in [-0.2, 0) is 16.6 Å². The summed E-state index contributed by atoms with van der Waals surface area (Å²) >= 11 is 0. The van der Waals surface area contributed by atoms with E-state index >= 15 is 0 Å². The third-order valence-corrected chi connectivity index (χ3v) is 3.66. The number of nitrogens with zero attached hydrogens (tertiary/aromatic N) is 2. The van der Waals surface area contributed by atoms with Gasteiger partial charge < -0.3 is 19.3 Å². The number of aryl methyl sites for hydroxylation is 1. The topological polar surface area (TPSA) is 71.8 Å². The molecule has 0 aliphatic carbocycles. The van der Waals surface area contributed by atoms with E-state index in [0.717, 1.165) is 6.42 Å². The van der Waals surface area contributed by atoms with Crippen LogP contribution in [0.2, 0.25) is 0 Å². The number of hydrogen-bond donors (Lipinski definition) is 1. The van der Waals surface area contributed by atoms with Crippen LogP contribution in [0.5, 0.6) is 0 Å². The van der Waals surface area contributed by atoms with E-state index in [-0.39, 0.29) is 19.1 Å². The minimum absolute atomic E-state index is 0.138. The number of amides is 1. The lowest BCUT2D eigenvalue weighted by Crippen LogP contribution is -2.47. The maximum absolute atomic E-state index is 12.6. The van der Waals surface area contributed by atoms with Crippen molar-refractivity contribution in [1.82, 2.24) is 9.47 Å². The van der Waals surface area contributed by atoms with E-state index in [1.165, 1.54) is 0 Å². The van der Waals surface area contributed by atoms with Crippen molar-refractivity contribution in [3.8, 4) is 0 Å². The molecule has 0 spiro atoms. The van der Waals surface area contributed by atoms with Crippen molar-refractivity contribution in [3.05, 3.63) is 24.0 Å². The van der Waals surface area contributed by atoms with Gasteiger partial charge in [0.2, 0.25) is 0 Å². The lowest BCUT2D eigenvalue weighted by Gasteiger charge is -2.30. The predicted octanol–water partition coefficient (Wildman–Crippen LogP) is 0.977. The number of aliphatic carboxylic acids is 1. The summed E-state index contributed by atoms with van der Waals surface area (Å²) in [5.74, 6) is -1.69. The van der Waals surface area contributed by atoms with Gasteiger partial charge in [0.15, 0.2) is 0 Å². The first kappa shape index (κ1) is 14.6. The molecule has 6 heteroatoms. The maximum Gasteiger partial charge on any atom is 0.311 e. The van der Waals surface area contributed by atoms with Gasteiger partial charge in [-0.1, -0.05) is 6.92 Å². The monoisotopic (exact) mass is 280 g/mol. The Morgan fingerprint density at radius 3 is 2.80 bits per heavy atom. The number of ether oxygens (including phenoxy) is 1. The molecule has 2 atom stereocenters. The average Bonchev–Trinajstić information content (AvgIpc) is 3.03. The first-order chi connectivity index (χ1) is 9.56. The molecule has 1 saturated heterocycles. The van der Waals surface area contributed by atoms with E-state index < -0.39 is 17.9 Å². The Kier molecular flexibility index (Phi) is 4.44. The summed E-state index contributed by atoms with van der Waals surface area (Å²) in [6.07, 6.45) is 2.58. The van der Waals surface area contributed by atoms with Crippen LogP contribution in [-0.4, -0.2) is 52.3 Å². The van der Waals surface area contributed by atoms with Gasteiger partial charge in [0.25, 0.3) is 5.91 Å². The van der Waals surface area contributed by atoms with E-state index in [0.29, 0.717) is 12.2 Å². The van der Waals surface area contributed by atoms with Gasteiger partial charge in [0, 0.05) is 19.8 Å². The van der Waals surface area contributed by atoms with E-state index in [4.69, 9.17) is 4.74 Å². The molecule has 20 heavy (non-hydrogen) atoms. The highest BCUT2D eigenvalue weighted by Crippen LogP contribution is 2.22. The smallest absolute Gasteiger partial charge is 0.311 e. The van der Waals surface area contributed by atoms with Crippen molar-refractivity contribution in [2.24, 2.45) is 13.0 Å². The summed E-state index contributed by atoms with van der Waals surface area (Å²) in [4.78, 5) is 25.5. The Bertz CT molecular complexity index is 497. The molecule has 2 rings (SSSR count). The summed E-state index contributed by atoms with van der Waals surface area (Å²) in [6.45, 7) is 2.95. The highest BCUT2D eigenvalue weighted by Gasteiger charge is 2.40. The Labute approximate surface area is 117 Å². The number of hydrogen-bond acceptors (Lipinski definition) is 3. The van der Waals surface area contributed by atoms with Crippen molar-refractivity contribution in [2.75, 3.05) is 19.8 Å². The molecular formula is C14H20N2O4. The average molecular weight is 280 g/mol. The molecule has 1 aromatic heterocycles. The number of carbonyl (C=O) groups excluding carboxylic acids is 1. The number of carboxylic acids is 1. The van der Waals surface area contributed by atoms with Gasteiger partial charge in [0.05, 0.1) is 19.3 Å². The molecule has 2 unspecified atom stereocenters. The van der Waals surface area contributed by atoms with E-state index in [1.54, 1.807) is 34.8 Å². The summed E-state index contributed by atoms with van der Waals surface area (Å²) in [5.41, 5.74) is 0.564. The first-order valence-corrected chi connectivity index (χ1v) is 6.79. The van der Waals surface area contributed by atoms with Crippen LogP contribution in [0.25, 0.3) is 0 Å². The van der Waals surface area contributed by atoms with E-state index in [2.05, 4.69) is 0 Å². The van der Waals surface area contributed by atoms with Crippen molar-refractivity contribution < 1.29 is 19.4 Å². The second kappa shape index (κ2) is 6.09. The lowest BCUT2D eigenvalue weighted by molar-refractivity contribution is -0.142. The van der Waals surface area contributed by atoms with Gasteiger partial charge in [-0.15, -0.1) is 0 Å². The number of carboxylic acid groups (broad SMARTS) is 1. The fourth-order valence-corrected chi connectivity index (χ4v) is 2.58. The Morgan fingerprint density at radius 2 is 2.25 bits per heavy atom. The fourth-order valence-electron chi connectivity index (χ4n) is 2.58. The van der Waals surface area contributed by atoms with Crippen LogP contribution in [0.3, 0.4) is 0 Å². The molecule has 1 N–H and O–H groups in total. The van der Waals surface area contributed by atoms with Crippen LogP contribution < -0.4 is 0 Å². The van der Waals surface area contributed by atoms with Gasteiger partial charge >= 0.3 is 5.97 Å². The molecule has 0 bridgehead atoms. The summed E-state index contributed by atoms with van der Waals surface area (Å²) in [6, 6.07) is 3.16. The van der Waals surface area contributed by atoms with Crippen LogP contribution >= 0.6 is 0 Å². The van der Waals surface area contributed by atoms with Gasteiger partial charge in [-0.25, -0.2) is 0 Å². The predicted molar refractivity (Wildman–Crippen MR) is 72.5 cm³/mol. The number of aromatic nitrogens is 1. The standard InChI is InChI=1S/C14H20N2O4/c1-3-6-16(12-9-20-8-10(12)14(18)19)13(17)11-5-4-7-15(11)2/h4-5,7,10,12H,3,6,8-9H2,1-2H3,(H,18,19). The van der Waals surface area contributed by atoms with Gasteiger partial charge in [-0.3, -0.25) is 9.59 Å². The van der Waals surface area contributed by atoms with E-state index in [1.807, 2.05) is 6.92 Å². The van der Waals surface area contributed by atoms with Crippen LogP contribution in [0.15, 0.2) is 18.3 Å². The molecule has 0 aromatic carbocycles. The zero-order chi connectivity index (χ0) is 14.7. The summed E-state index contributed by atoms with van der Waals surface area (Å²) < 4.78 is 7.02. The maximum atomic E-state index is 12.6. The Balaban J connectivity index is 2.24. The zero-order valence-corrected chi connectivity index (χ0v) is 11.8. The Hall–Kier alpha value is -1.82. The SMILES string of the molecule is CCCN(C(=O)c1cccn1C)C1COCC1C(=O)O. The molecule has 1 aromatic rings. The number of carbonyl (C=O) groups is 2. The van der Waals surface area contributed by atoms with Crippen molar-refractivity contribution in [2.45, 2.75) is 19.4 Å². The summed E-state index contributed by atoms with van der Waals surface area (Å²) in [5, 5.41) is 9.24. The molecule has 6 nitrogen and oxygen atoms in total. The molecule has 1 aliphatic rings. The minimum atomic E-state index is -0.909. The molecule has 1 amide bonds. The molecule has 110 valence electrons. The number of rotatable bonds is 5. The fraction of sp³-hybridized carbons (Fsp3) is 0.571. The third-order valence-electron chi connectivity index (χ3n) is 3.66. The van der Waals surface area contributed by atoms with Crippen LogP contribution in [0.4, 0.5) is 0 Å². The molecule has 2 heterocycles. The molecule has 0 radical (unpaired) electrons. The largest absolute Gasteiger partial charge is 0.481 e. The third kappa shape index (κ3) is 2.70. The molecular weight excluding hydrogens is 260 g/mol. The van der Waals surface area contributed by atoms with Crippen molar-refractivity contribution >= 4 is 11.9 Å². The second-order valence-electron chi connectivity index (χ2n) is 5.05. The highest BCUT2D eigenvalue weighted by molar-refractivity contribution is 5.93. The lowest BCUT2D eigenvalue weighted by atomic mass is 10.0. The zero-order valence-electron chi connectivity index (χ0n) is 11.8. The van der Waals surface area contributed by atoms with Gasteiger partial charge in [0.1, 0.15) is 11.6 Å². The molecule has 0 saturated carbocycles.